The highest BCUT2D eigenvalue weighted by atomic mass is 32.2. The number of nitrogens with zero attached hydrogens (tertiary/aromatic N) is 2. The lowest BCUT2D eigenvalue weighted by Gasteiger charge is -2.30. The fourth-order valence-corrected chi connectivity index (χ4v) is 4.97. The summed E-state index contributed by atoms with van der Waals surface area (Å²) >= 11 is 0. The average Bonchev–Trinajstić information content (AvgIpc) is 2.79. The minimum absolute atomic E-state index is 0.0601. The molecule has 3 aromatic rings. The van der Waals surface area contributed by atoms with E-state index in [9.17, 15) is 13.2 Å². The van der Waals surface area contributed by atoms with Gasteiger partial charge < -0.3 is 4.90 Å². The predicted octanol–water partition coefficient (Wildman–Crippen LogP) is 4.05. The van der Waals surface area contributed by atoms with Crippen LogP contribution in [0.3, 0.4) is 0 Å². The summed E-state index contributed by atoms with van der Waals surface area (Å²) in [5.74, 6) is -0.0341. The van der Waals surface area contributed by atoms with E-state index in [0.717, 1.165) is 36.1 Å². The van der Waals surface area contributed by atoms with Gasteiger partial charge in [0, 0.05) is 30.3 Å². The van der Waals surface area contributed by atoms with Gasteiger partial charge in [0.25, 0.3) is 5.91 Å². The van der Waals surface area contributed by atoms with Crippen LogP contribution in [0.15, 0.2) is 73.1 Å². The van der Waals surface area contributed by atoms with E-state index < -0.39 is 10.0 Å². The number of carbonyl (C=O) groups excluding carboxylic acids is 1. The Bertz CT molecular complexity index is 1150. The van der Waals surface area contributed by atoms with Gasteiger partial charge in [0.1, 0.15) is 0 Å². The summed E-state index contributed by atoms with van der Waals surface area (Å²) in [6.07, 6.45) is 6.10. The maximum atomic E-state index is 12.9. The summed E-state index contributed by atoms with van der Waals surface area (Å²) in [6, 6.07) is 18.7. The molecule has 0 spiro atoms. The number of nitrogens with one attached hydrogen (secondary N) is 1. The number of fused-ring (bicyclic) bond motifs is 1. The largest absolute Gasteiger partial charge is 0.308 e. The van der Waals surface area contributed by atoms with E-state index in [1.54, 1.807) is 35.5 Å². The molecule has 7 heteroatoms. The number of hydrogen-bond donors (Lipinski definition) is 1. The zero-order valence-electron chi connectivity index (χ0n) is 17.2. The summed E-state index contributed by atoms with van der Waals surface area (Å²) in [5, 5.41) is 0. The molecule has 2 heterocycles. The molecule has 0 fully saturated rings. The standard InChI is InChI=1S/C24H25N3O3S/c28-24(21-10-4-14-25-18-21)27-15-5-11-20-17-22(12-13-23(20)27)26-31(29,30)16-6-9-19-7-2-1-3-8-19/h1-4,7-8,10,12-14,17-18,26H,5-6,9,11,15-16H2. The fourth-order valence-electron chi connectivity index (χ4n) is 3.86. The van der Waals surface area contributed by atoms with Gasteiger partial charge in [-0.05, 0) is 67.1 Å². The summed E-state index contributed by atoms with van der Waals surface area (Å²) in [6.45, 7) is 0.630. The third-order valence-electron chi connectivity index (χ3n) is 5.35. The van der Waals surface area contributed by atoms with Crippen molar-refractivity contribution in [3.05, 3.63) is 89.7 Å². The lowest BCUT2D eigenvalue weighted by molar-refractivity contribution is 0.0984. The van der Waals surface area contributed by atoms with E-state index in [0.29, 0.717) is 24.2 Å². The van der Waals surface area contributed by atoms with E-state index in [2.05, 4.69) is 9.71 Å². The summed E-state index contributed by atoms with van der Waals surface area (Å²) in [7, 11) is -3.44. The van der Waals surface area contributed by atoms with Crippen molar-refractivity contribution in [3.63, 3.8) is 0 Å². The summed E-state index contributed by atoms with van der Waals surface area (Å²) < 4.78 is 27.8. The number of rotatable bonds is 7. The van der Waals surface area contributed by atoms with Crippen LogP contribution in [0.1, 0.15) is 34.3 Å². The number of aromatic nitrogens is 1. The number of pyridine rings is 1. The number of carbonyl (C=O) groups is 1. The number of anilines is 2. The molecule has 1 aliphatic heterocycles. The molecule has 31 heavy (non-hydrogen) atoms. The first kappa shape index (κ1) is 21.1. The van der Waals surface area contributed by atoms with Crippen LogP contribution in [0.5, 0.6) is 0 Å². The molecule has 1 amide bonds. The Kier molecular flexibility index (Phi) is 6.32. The Morgan fingerprint density at radius 2 is 1.90 bits per heavy atom. The maximum Gasteiger partial charge on any atom is 0.259 e. The summed E-state index contributed by atoms with van der Waals surface area (Å²) in [4.78, 5) is 18.7. The number of sulfonamides is 1. The molecule has 0 radical (unpaired) electrons. The molecular formula is C24H25N3O3S. The Hall–Kier alpha value is -3.19. The van der Waals surface area contributed by atoms with Crippen molar-refractivity contribution in [2.45, 2.75) is 25.7 Å². The Balaban J connectivity index is 1.43. The van der Waals surface area contributed by atoms with Crippen molar-refractivity contribution in [2.24, 2.45) is 0 Å². The van der Waals surface area contributed by atoms with Gasteiger partial charge in [0.2, 0.25) is 10.0 Å². The third kappa shape index (κ3) is 5.30. The van der Waals surface area contributed by atoms with Crippen molar-refractivity contribution in [2.75, 3.05) is 21.9 Å². The number of aryl methyl sites for hydroxylation is 2. The van der Waals surface area contributed by atoms with Crippen LogP contribution in [-0.4, -0.2) is 31.6 Å². The average molecular weight is 436 g/mol. The lowest BCUT2D eigenvalue weighted by atomic mass is 10.0. The van der Waals surface area contributed by atoms with Crippen LogP contribution in [-0.2, 0) is 22.9 Å². The molecular weight excluding hydrogens is 410 g/mol. The van der Waals surface area contributed by atoms with Crippen molar-refractivity contribution in [1.82, 2.24) is 4.98 Å². The SMILES string of the molecule is O=C(c1cccnc1)N1CCCc2cc(NS(=O)(=O)CCCc3ccccc3)ccc21. The molecule has 1 aliphatic rings. The first-order chi connectivity index (χ1) is 15.0. The Morgan fingerprint density at radius 3 is 2.68 bits per heavy atom. The monoisotopic (exact) mass is 435 g/mol. The van der Waals surface area contributed by atoms with Gasteiger partial charge in [0.05, 0.1) is 11.3 Å². The van der Waals surface area contributed by atoms with E-state index in [-0.39, 0.29) is 11.7 Å². The molecule has 0 atom stereocenters. The minimum Gasteiger partial charge on any atom is -0.308 e. The lowest BCUT2D eigenvalue weighted by Crippen LogP contribution is -2.35. The zero-order chi connectivity index (χ0) is 21.7. The van der Waals surface area contributed by atoms with Crippen molar-refractivity contribution in [3.8, 4) is 0 Å². The van der Waals surface area contributed by atoms with Gasteiger partial charge in [0.15, 0.2) is 0 Å². The topological polar surface area (TPSA) is 79.4 Å². The minimum atomic E-state index is -3.44. The van der Waals surface area contributed by atoms with E-state index in [4.69, 9.17) is 0 Å². The highest BCUT2D eigenvalue weighted by Crippen LogP contribution is 2.31. The Labute approximate surface area is 183 Å². The second kappa shape index (κ2) is 9.31. The van der Waals surface area contributed by atoms with Gasteiger partial charge >= 0.3 is 0 Å². The van der Waals surface area contributed by atoms with Crippen molar-refractivity contribution < 1.29 is 13.2 Å². The molecule has 0 saturated carbocycles. The molecule has 0 bridgehead atoms. The van der Waals surface area contributed by atoms with Crippen LogP contribution in [0.4, 0.5) is 11.4 Å². The van der Waals surface area contributed by atoms with Crippen LogP contribution in [0, 0.1) is 0 Å². The molecule has 4 rings (SSSR count). The van der Waals surface area contributed by atoms with Gasteiger partial charge in [-0.1, -0.05) is 30.3 Å². The normalized spacial score (nSPS) is 13.5. The number of benzene rings is 2. The maximum absolute atomic E-state index is 12.9. The zero-order valence-corrected chi connectivity index (χ0v) is 18.0. The summed E-state index contributed by atoms with van der Waals surface area (Å²) in [5.41, 5.74) is 4.00. The molecule has 160 valence electrons. The smallest absolute Gasteiger partial charge is 0.259 e. The first-order valence-electron chi connectivity index (χ1n) is 10.4. The second-order valence-electron chi connectivity index (χ2n) is 7.66. The van der Waals surface area contributed by atoms with Crippen LogP contribution in [0.2, 0.25) is 0 Å². The van der Waals surface area contributed by atoms with Crippen LogP contribution in [0.25, 0.3) is 0 Å². The second-order valence-corrected chi connectivity index (χ2v) is 9.50. The molecule has 0 saturated heterocycles. The quantitative estimate of drug-likeness (QED) is 0.607. The molecule has 1 aromatic heterocycles. The molecule has 1 N–H and O–H groups in total. The van der Waals surface area contributed by atoms with Gasteiger partial charge in [-0.2, -0.15) is 0 Å². The van der Waals surface area contributed by atoms with E-state index in [1.165, 1.54) is 0 Å². The van der Waals surface area contributed by atoms with Crippen LogP contribution < -0.4 is 9.62 Å². The number of amides is 1. The fraction of sp³-hybridized carbons (Fsp3) is 0.250. The van der Waals surface area contributed by atoms with Crippen molar-refractivity contribution >= 4 is 27.3 Å². The van der Waals surface area contributed by atoms with Crippen LogP contribution >= 0.6 is 0 Å². The molecule has 6 nitrogen and oxygen atoms in total. The van der Waals surface area contributed by atoms with Gasteiger partial charge in [-0.25, -0.2) is 8.42 Å². The van der Waals surface area contributed by atoms with Gasteiger partial charge in [-0.15, -0.1) is 0 Å². The van der Waals surface area contributed by atoms with E-state index >= 15 is 0 Å². The highest BCUT2D eigenvalue weighted by molar-refractivity contribution is 7.92. The van der Waals surface area contributed by atoms with E-state index in [1.807, 2.05) is 42.5 Å². The first-order valence-corrected chi connectivity index (χ1v) is 12.1. The molecule has 0 aliphatic carbocycles. The third-order valence-corrected chi connectivity index (χ3v) is 6.72. The van der Waals surface area contributed by atoms with Gasteiger partial charge in [-0.3, -0.25) is 14.5 Å². The number of hydrogen-bond acceptors (Lipinski definition) is 4. The Morgan fingerprint density at radius 1 is 1.06 bits per heavy atom. The molecule has 0 unspecified atom stereocenters. The van der Waals surface area contributed by atoms with Crippen molar-refractivity contribution in [1.29, 1.82) is 0 Å². The highest BCUT2D eigenvalue weighted by Gasteiger charge is 2.24. The molecule has 2 aromatic carbocycles. The predicted molar refractivity (Wildman–Crippen MR) is 123 cm³/mol.